The molecule has 0 aliphatic rings. The highest BCUT2D eigenvalue weighted by Gasteiger charge is 2.36. The second-order valence-corrected chi connectivity index (χ2v) is 8.61. The number of hydrogen-bond donors (Lipinski definition) is 1. The van der Waals surface area contributed by atoms with Gasteiger partial charge in [-0.2, -0.15) is 0 Å². The molecule has 0 amide bonds. The van der Waals surface area contributed by atoms with Crippen molar-refractivity contribution in [2.75, 3.05) is 0 Å². The highest BCUT2D eigenvalue weighted by Crippen LogP contribution is 2.45. The van der Waals surface area contributed by atoms with Crippen LogP contribution in [0.5, 0.6) is 0 Å². The van der Waals surface area contributed by atoms with Gasteiger partial charge in [0, 0.05) is 11.1 Å². The molecule has 4 atom stereocenters. The molecule has 0 fully saturated rings. The Kier molecular flexibility index (Phi) is 11.9. The predicted molar refractivity (Wildman–Crippen MR) is 119 cm³/mol. The molecule has 0 heterocycles. The van der Waals surface area contributed by atoms with Crippen LogP contribution in [0.2, 0.25) is 0 Å². The average molecular weight is 363 g/mol. The van der Waals surface area contributed by atoms with E-state index in [2.05, 4.69) is 74.5 Å². The van der Waals surface area contributed by atoms with Crippen LogP contribution in [-0.2, 0) is 0 Å². The quantitative estimate of drug-likeness (QED) is 0.286. The molecule has 0 aromatic rings. The summed E-state index contributed by atoms with van der Waals surface area (Å²) in [7, 11) is 0. The summed E-state index contributed by atoms with van der Waals surface area (Å²) in [5.74, 6) is 3.36. The Labute approximate surface area is 164 Å². The first-order valence-electron chi connectivity index (χ1n) is 10.8. The van der Waals surface area contributed by atoms with Crippen LogP contribution < -0.4 is 5.73 Å². The lowest BCUT2D eigenvalue weighted by Crippen LogP contribution is -2.32. The SMILES string of the molecule is C\C=C(/N=C(N)\C=C/CC)C(C)(CC(C)C(CC)C(C)CCC)C(C)C. The molecule has 4 unspecified atom stereocenters. The molecule has 2 N–H and O–H groups in total. The van der Waals surface area contributed by atoms with Crippen LogP contribution in [0.15, 0.2) is 28.9 Å². The van der Waals surface area contributed by atoms with Crippen molar-refractivity contribution in [3.63, 3.8) is 0 Å². The van der Waals surface area contributed by atoms with Crippen LogP contribution in [-0.4, -0.2) is 5.84 Å². The Balaban J connectivity index is 5.61. The molecule has 2 nitrogen and oxygen atoms in total. The van der Waals surface area contributed by atoms with Crippen molar-refractivity contribution < 1.29 is 0 Å². The van der Waals surface area contributed by atoms with E-state index in [0.29, 0.717) is 17.7 Å². The topological polar surface area (TPSA) is 38.4 Å². The standard InChI is InChI=1S/C24H46N2/c1-10-14-16-23(25)26-22(13-4)24(9,18(5)6)17-20(8)21(12-3)19(7)15-11-2/h13-14,16,18-21H,10-12,15,17H2,1-9H3,(H2,25,26)/b16-14-,22-13-. The predicted octanol–water partition coefficient (Wildman–Crippen LogP) is 7.36. The minimum atomic E-state index is 0.0399. The Morgan fingerprint density at radius 2 is 1.69 bits per heavy atom. The summed E-state index contributed by atoms with van der Waals surface area (Å²) in [4.78, 5) is 4.81. The van der Waals surface area contributed by atoms with Crippen LogP contribution in [0.1, 0.15) is 94.4 Å². The van der Waals surface area contributed by atoms with Gasteiger partial charge < -0.3 is 5.73 Å². The van der Waals surface area contributed by atoms with Gasteiger partial charge in [-0.15, -0.1) is 0 Å². The Morgan fingerprint density at radius 1 is 1.08 bits per heavy atom. The summed E-state index contributed by atoms with van der Waals surface area (Å²) in [6.07, 6.45) is 12.2. The number of hydrogen-bond acceptors (Lipinski definition) is 1. The Bertz CT molecular complexity index is 473. The minimum Gasteiger partial charge on any atom is -0.384 e. The largest absolute Gasteiger partial charge is 0.384 e. The number of nitrogens with zero attached hydrogens (tertiary/aromatic N) is 1. The molecule has 0 saturated heterocycles. The van der Waals surface area contributed by atoms with Crippen molar-refractivity contribution in [2.45, 2.75) is 94.4 Å². The number of allylic oxidation sites excluding steroid dienone is 3. The second kappa shape index (κ2) is 12.4. The van der Waals surface area contributed by atoms with E-state index in [1.165, 1.54) is 19.3 Å². The summed E-state index contributed by atoms with van der Waals surface area (Å²) in [5.41, 5.74) is 7.33. The van der Waals surface area contributed by atoms with E-state index < -0.39 is 0 Å². The molecular weight excluding hydrogens is 316 g/mol. The first-order chi connectivity index (χ1) is 12.2. The van der Waals surface area contributed by atoms with Gasteiger partial charge in [-0.25, -0.2) is 4.99 Å². The van der Waals surface area contributed by atoms with Crippen LogP contribution in [0.4, 0.5) is 0 Å². The van der Waals surface area contributed by atoms with Crippen molar-refractivity contribution in [2.24, 2.45) is 39.8 Å². The number of nitrogens with two attached hydrogens (primary N) is 1. The minimum absolute atomic E-state index is 0.0399. The van der Waals surface area contributed by atoms with Gasteiger partial charge in [0.05, 0.1) is 0 Å². The van der Waals surface area contributed by atoms with Crippen LogP contribution in [0.25, 0.3) is 0 Å². The third kappa shape index (κ3) is 7.29. The summed E-state index contributed by atoms with van der Waals surface area (Å²) in [5, 5.41) is 0. The van der Waals surface area contributed by atoms with Crippen LogP contribution >= 0.6 is 0 Å². The lowest BCUT2D eigenvalue weighted by molar-refractivity contribution is 0.143. The third-order valence-corrected chi connectivity index (χ3v) is 6.33. The molecule has 0 saturated carbocycles. The van der Waals surface area contributed by atoms with Crippen molar-refractivity contribution in [3.05, 3.63) is 23.9 Å². The van der Waals surface area contributed by atoms with Gasteiger partial charge in [0.1, 0.15) is 5.84 Å². The molecule has 26 heavy (non-hydrogen) atoms. The van der Waals surface area contributed by atoms with E-state index >= 15 is 0 Å². The number of amidine groups is 1. The fraction of sp³-hybridized carbons (Fsp3) is 0.792. The maximum absolute atomic E-state index is 6.16. The van der Waals surface area contributed by atoms with Gasteiger partial charge >= 0.3 is 0 Å². The molecule has 0 spiro atoms. The van der Waals surface area contributed by atoms with Crippen LogP contribution in [0.3, 0.4) is 0 Å². The van der Waals surface area contributed by atoms with Crippen molar-refractivity contribution in [1.82, 2.24) is 0 Å². The maximum Gasteiger partial charge on any atom is 0.123 e. The lowest BCUT2D eigenvalue weighted by Gasteiger charge is -2.40. The summed E-state index contributed by atoms with van der Waals surface area (Å²) < 4.78 is 0. The summed E-state index contributed by atoms with van der Waals surface area (Å²) >= 11 is 0. The van der Waals surface area contributed by atoms with Gasteiger partial charge in [0.2, 0.25) is 0 Å². The van der Waals surface area contributed by atoms with Crippen molar-refractivity contribution in [1.29, 1.82) is 0 Å². The first-order valence-corrected chi connectivity index (χ1v) is 10.8. The molecule has 0 aromatic heterocycles. The van der Waals surface area contributed by atoms with E-state index in [4.69, 9.17) is 10.7 Å². The van der Waals surface area contributed by atoms with E-state index in [1.807, 2.05) is 6.08 Å². The normalized spacial score (nSPS) is 19.6. The van der Waals surface area contributed by atoms with Gasteiger partial charge in [-0.05, 0) is 49.5 Å². The fourth-order valence-corrected chi connectivity index (χ4v) is 4.43. The van der Waals surface area contributed by atoms with E-state index in [0.717, 1.165) is 30.4 Å². The van der Waals surface area contributed by atoms with E-state index in [1.54, 1.807) is 0 Å². The zero-order valence-electron chi connectivity index (χ0n) is 19.1. The molecule has 0 radical (unpaired) electrons. The number of aliphatic imine (C=N–C) groups is 1. The molecule has 152 valence electrons. The monoisotopic (exact) mass is 362 g/mol. The zero-order chi connectivity index (χ0) is 20.3. The van der Waals surface area contributed by atoms with Gasteiger partial charge in [-0.1, -0.05) is 86.8 Å². The highest BCUT2D eigenvalue weighted by molar-refractivity contribution is 5.92. The summed E-state index contributed by atoms with van der Waals surface area (Å²) in [6.45, 7) is 20.7. The first kappa shape index (κ1) is 24.9. The zero-order valence-corrected chi connectivity index (χ0v) is 19.1. The van der Waals surface area contributed by atoms with Gasteiger partial charge in [0.25, 0.3) is 0 Å². The molecule has 0 aliphatic carbocycles. The Hall–Kier alpha value is -1.05. The fourth-order valence-electron chi connectivity index (χ4n) is 4.43. The van der Waals surface area contributed by atoms with Crippen molar-refractivity contribution >= 4 is 5.84 Å². The molecule has 0 aliphatic heterocycles. The second-order valence-electron chi connectivity index (χ2n) is 8.61. The maximum atomic E-state index is 6.16. The highest BCUT2D eigenvalue weighted by atomic mass is 14.9. The average Bonchev–Trinajstić information content (AvgIpc) is 2.58. The van der Waals surface area contributed by atoms with Gasteiger partial charge in [-0.3, -0.25) is 0 Å². The van der Waals surface area contributed by atoms with Gasteiger partial charge in [0.15, 0.2) is 0 Å². The van der Waals surface area contributed by atoms with E-state index in [-0.39, 0.29) is 5.41 Å². The third-order valence-electron chi connectivity index (χ3n) is 6.33. The number of rotatable bonds is 12. The molecule has 0 bridgehead atoms. The lowest BCUT2D eigenvalue weighted by atomic mass is 9.66. The Morgan fingerprint density at radius 3 is 2.12 bits per heavy atom. The molecule has 0 rings (SSSR count). The van der Waals surface area contributed by atoms with Crippen LogP contribution in [0, 0.1) is 29.1 Å². The molecular formula is C24H46N2. The summed E-state index contributed by atoms with van der Waals surface area (Å²) in [6, 6.07) is 0. The smallest absolute Gasteiger partial charge is 0.123 e. The molecule has 2 heteroatoms. The molecule has 0 aromatic carbocycles. The van der Waals surface area contributed by atoms with E-state index in [9.17, 15) is 0 Å². The van der Waals surface area contributed by atoms with Crippen molar-refractivity contribution in [3.8, 4) is 0 Å².